The Morgan fingerprint density at radius 1 is 0.879 bits per heavy atom. The van der Waals surface area contributed by atoms with E-state index in [1.165, 1.54) is 0 Å². The number of pyridine rings is 1. The minimum Gasteiger partial charge on any atom is -0.497 e. The summed E-state index contributed by atoms with van der Waals surface area (Å²) < 4.78 is 7.78. The molecule has 0 aliphatic heterocycles. The number of rotatable bonds is 3. The predicted octanol–water partition coefficient (Wildman–Crippen LogP) is 6.60. The van der Waals surface area contributed by atoms with Crippen LogP contribution in [0.1, 0.15) is 29.4 Å². The molecule has 1 aliphatic carbocycles. The van der Waals surface area contributed by atoms with E-state index in [2.05, 4.69) is 35.6 Å². The number of fused-ring (bicyclic) bond motifs is 6. The van der Waals surface area contributed by atoms with Crippen molar-refractivity contribution < 1.29 is 9.53 Å². The van der Waals surface area contributed by atoms with Crippen molar-refractivity contribution in [2.75, 3.05) is 7.11 Å². The fourth-order valence-corrected chi connectivity index (χ4v) is 5.17. The van der Waals surface area contributed by atoms with E-state index in [1.54, 1.807) is 7.11 Å². The summed E-state index contributed by atoms with van der Waals surface area (Å²) in [5, 5.41) is 1.90. The first kappa shape index (κ1) is 19.7. The number of nitrogens with zero attached hydrogens (tertiary/aromatic N) is 2. The predicted molar refractivity (Wildman–Crippen MR) is 132 cm³/mol. The van der Waals surface area contributed by atoms with Gasteiger partial charge in [-0.2, -0.15) is 0 Å². The zero-order chi connectivity index (χ0) is 22.5. The molecule has 0 amide bonds. The van der Waals surface area contributed by atoms with Gasteiger partial charge in [-0.1, -0.05) is 67.6 Å². The number of ether oxygens (including phenoxy) is 1. The van der Waals surface area contributed by atoms with Gasteiger partial charge in [0.05, 0.1) is 18.5 Å². The number of aromatic nitrogens is 2. The summed E-state index contributed by atoms with van der Waals surface area (Å²) >= 11 is 0. The van der Waals surface area contributed by atoms with Gasteiger partial charge in [-0.05, 0) is 35.9 Å². The van der Waals surface area contributed by atoms with Crippen LogP contribution >= 0.6 is 0 Å². The molecule has 0 radical (unpaired) electrons. The maximum atomic E-state index is 13.4. The third-order valence-corrected chi connectivity index (χ3v) is 6.62. The van der Waals surface area contributed by atoms with E-state index in [-0.39, 0.29) is 11.7 Å². The van der Waals surface area contributed by atoms with Crippen molar-refractivity contribution in [3.8, 4) is 28.3 Å². The molecule has 0 spiro atoms. The summed E-state index contributed by atoms with van der Waals surface area (Å²) in [5.74, 6) is 1.25. The molecule has 0 saturated heterocycles. The summed E-state index contributed by atoms with van der Waals surface area (Å²) in [5.41, 5.74) is 6.83. The first-order valence-electron chi connectivity index (χ1n) is 11.3. The van der Waals surface area contributed by atoms with Crippen LogP contribution in [0.2, 0.25) is 0 Å². The number of imidazole rings is 1. The Morgan fingerprint density at radius 3 is 2.27 bits per heavy atom. The Morgan fingerprint density at radius 2 is 1.58 bits per heavy atom. The average Bonchev–Trinajstić information content (AvgIpc) is 3.26. The second-order valence-electron chi connectivity index (χ2n) is 8.87. The molecule has 2 heterocycles. The van der Waals surface area contributed by atoms with Crippen molar-refractivity contribution in [1.82, 2.24) is 9.38 Å². The molecule has 4 nitrogen and oxygen atoms in total. The van der Waals surface area contributed by atoms with Crippen molar-refractivity contribution >= 4 is 22.2 Å². The van der Waals surface area contributed by atoms with Gasteiger partial charge in [0.25, 0.3) is 0 Å². The molecular weight excluding hydrogens is 408 g/mol. The second-order valence-corrected chi connectivity index (χ2v) is 8.87. The SMILES string of the molecule is COc1ccc2c3c(n4c(-c5ccccc5)c(-c5ccccc5)nc4c2c1)CC(C)CC3=O. The lowest BCUT2D eigenvalue weighted by Crippen LogP contribution is -2.22. The zero-order valence-electron chi connectivity index (χ0n) is 18.7. The van der Waals surface area contributed by atoms with Gasteiger partial charge >= 0.3 is 0 Å². The number of hydrogen-bond acceptors (Lipinski definition) is 3. The van der Waals surface area contributed by atoms with Crippen LogP contribution in [0.15, 0.2) is 78.9 Å². The standard InChI is InChI=1S/C29H24N2O2/c1-18-15-24-26(25(32)16-18)22-14-13-21(33-2)17-23(22)29-30-27(19-9-5-3-6-10-19)28(31(24)29)20-11-7-4-8-12-20/h3-14,17-18H,15-16H2,1-2H3. The molecule has 2 aromatic heterocycles. The maximum Gasteiger partial charge on any atom is 0.165 e. The van der Waals surface area contributed by atoms with Crippen LogP contribution in [0, 0.1) is 5.92 Å². The summed E-state index contributed by atoms with van der Waals surface area (Å²) in [4.78, 5) is 18.6. The normalized spacial score (nSPS) is 15.7. The first-order valence-corrected chi connectivity index (χ1v) is 11.3. The Labute approximate surface area is 192 Å². The highest BCUT2D eigenvalue weighted by atomic mass is 16.5. The third-order valence-electron chi connectivity index (χ3n) is 6.62. The largest absolute Gasteiger partial charge is 0.497 e. The lowest BCUT2D eigenvalue weighted by molar-refractivity contribution is 0.0953. The van der Waals surface area contributed by atoms with Gasteiger partial charge in [0.15, 0.2) is 5.78 Å². The van der Waals surface area contributed by atoms with Gasteiger partial charge in [-0.25, -0.2) is 4.98 Å². The monoisotopic (exact) mass is 432 g/mol. The average molecular weight is 433 g/mol. The van der Waals surface area contributed by atoms with E-state index < -0.39 is 0 Å². The molecular formula is C29H24N2O2. The van der Waals surface area contributed by atoms with E-state index in [1.807, 2.05) is 54.6 Å². The van der Waals surface area contributed by atoms with Gasteiger partial charge in [0, 0.05) is 34.2 Å². The molecule has 1 unspecified atom stereocenters. The molecule has 33 heavy (non-hydrogen) atoms. The highest BCUT2D eigenvalue weighted by molar-refractivity contribution is 6.14. The maximum absolute atomic E-state index is 13.4. The van der Waals surface area contributed by atoms with Gasteiger partial charge in [-0.15, -0.1) is 0 Å². The van der Waals surface area contributed by atoms with Crippen LogP contribution in [0.3, 0.4) is 0 Å². The molecule has 0 fully saturated rings. The Balaban J connectivity index is 1.85. The van der Waals surface area contributed by atoms with E-state index in [4.69, 9.17) is 9.72 Å². The van der Waals surface area contributed by atoms with E-state index >= 15 is 0 Å². The van der Waals surface area contributed by atoms with E-state index in [9.17, 15) is 4.79 Å². The van der Waals surface area contributed by atoms with E-state index in [0.29, 0.717) is 6.42 Å². The molecule has 3 aromatic carbocycles. The van der Waals surface area contributed by atoms with Crippen LogP contribution in [0.25, 0.3) is 38.9 Å². The van der Waals surface area contributed by atoms with Crippen LogP contribution in [0.4, 0.5) is 0 Å². The third kappa shape index (κ3) is 3.05. The van der Waals surface area contributed by atoms with E-state index in [0.717, 1.165) is 62.4 Å². The summed E-state index contributed by atoms with van der Waals surface area (Å²) in [6, 6.07) is 26.6. The van der Waals surface area contributed by atoms with Crippen molar-refractivity contribution in [1.29, 1.82) is 0 Å². The quantitative estimate of drug-likeness (QED) is 0.323. The molecule has 1 aliphatic rings. The summed E-state index contributed by atoms with van der Waals surface area (Å²) in [7, 11) is 1.67. The van der Waals surface area contributed by atoms with Crippen LogP contribution in [-0.4, -0.2) is 22.3 Å². The summed E-state index contributed by atoms with van der Waals surface area (Å²) in [6.07, 6.45) is 1.41. The van der Waals surface area contributed by atoms with Gasteiger partial charge in [-0.3, -0.25) is 9.20 Å². The van der Waals surface area contributed by atoms with Gasteiger partial charge < -0.3 is 4.74 Å². The number of benzene rings is 3. The molecule has 1 atom stereocenters. The highest BCUT2D eigenvalue weighted by Gasteiger charge is 2.30. The lowest BCUT2D eigenvalue weighted by Gasteiger charge is -2.24. The molecule has 0 N–H and O–H groups in total. The smallest absolute Gasteiger partial charge is 0.165 e. The van der Waals surface area contributed by atoms with Crippen molar-refractivity contribution in [3.05, 3.63) is 90.1 Å². The number of carbonyl (C=O) groups excluding carboxylic acids is 1. The second kappa shape index (κ2) is 7.59. The Bertz CT molecular complexity index is 1520. The molecule has 162 valence electrons. The van der Waals surface area contributed by atoms with Gasteiger partial charge in [0.2, 0.25) is 0 Å². The number of ketones is 1. The van der Waals surface area contributed by atoms with Crippen molar-refractivity contribution in [2.45, 2.75) is 19.8 Å². The Hall–Kier alpha value is -3.92. The fourth-order valence-electron chi connectivity index (χ4n) is 5.17. The van der Waals surface area contributed by atoms with Crippen molar-refractivity contribution in [2.24, 2.45) is 5.92 Å². The minimum atomic E-state index is 0.204. The fraction of sp³-hybridized carbons (Fsp3) is 0.172. The molecule has 6 rings (SSSR count). The number of carbonyl (C=O) groups is 1. The molecule has 4 heteroatoms. The molecule has 0 saturated carbocycles. The van der Waals surface area contributed by atoms with Gasteiger partial charge in [0.1, 0.15) is 11.4 Å². The van der Waals surface area contributed by atoms with Crippen LogP contribution in [0.5, 0.6) is 5.75 Å². The van der Waals surface area contributed by atoms with Crippen LogP contribution in [-0.2, 0) is 6.42 Å². The highest BCUT2D eigenvalue weighted by Crippen LogP contribution is 2.41. The number of methoxy groups -OCH3 is 1. The lowest BCUT2D eigenvalue weighted by atomic mass is 9.84. The number of hydrogen-bond donors (Lipinski definition) is 0. The minimum absolute atomic E-state index is 0.204. The summed E-state index contributed by atoms with van der Waals surface area (Å²) in [6.45, 7) is 2.15. The topological polar surface area (TPSA) is 43.6 Å². The first-order chi connectivity index (χ1) is 16.2. The van der Waals surface area contributed by atoms with Crippen LogP contribution < -0.4 is 4.74 Å². The zero-order valence-corrected chi connectivity index (χ0v) is 18.7. The number of Topliss-reactive ketones (excluding diaryl/α,β-unsaturated/α-hetero) is 1. The molecule has 5 aromatic rings. The molecule has 0 bridgehead atoms. The van der Waals surface area contributed by atoms with Crippen molar-refractivity contribution in [3.63, 3.8) is 0 Å². The Kier molecular flexibility index (Phi) is 4.54.